The monoisotopic (exact) mass is 155 g/mol. The zero-order valence-electron chi connectivity index (χ0n) is 7.73. The predicted octanol–water partition coefficient (Wildman–Crippen LogP) is 3.17. The van der Waals surface area contributed by atoms with Gasteiger partial charge in [-0.2, -0.15) is 0 Å². The van der Waals surface area contributed by atoms with E-state index in [0.717, 1.165) is 25.7 Å². The van der Waals surface area contributed by atoms with E-state index in [1.54, 1.807) is 0 Å². The molecule has 0 aromatic heterocycles. The maximum Gasteiger partial charge on any atom is 0.106 e. The van der Waals surface area contributed by atoms with Gasteiger partial charge in [-0.15, -0.1) is 0 Å². The van der Waals surface area contributed by atoms with Crippen LogP contribution in [0.5, 0.6) is 0 Å². The Bertz CT molecular complexity index is 122. The average Bonchev–Trinajstić information content (AvgIpc) is 2.05. The van der Waals surface area contributed by atoms with E-state index in [-0.39, 0.29) is 0 Å². The van der Waals surface area contributed by atoms with Gasteiger partial charge in [0.15, 0.2) is 0 Å². The normalized spacial score (nSPS) is 39.0. The molecule has 0 N–H and O–H groups in total. The molecule has 1 saturated carbocycles. The average molecular weight is 155 g/mol. The first kappa shape index (κ1) is 9.05. The standard InChI is InChI=1S/C10H19O/c1-3-9-7-5-6-8-10(9,11)4-2/h9H,3-8H2,1-2H3. The topological polar surface area (TPSA) is 19.9 Å². The molecule has 0 aromatic carbocycles. The van der Waals surface area contributed by atoms with Gasteiger partial charge >= 0.3 is 0 Å². The largest absolute Gasteiger partial charge is 0.229 e. The summed E-state index contributed by atoms with van der Waals surface area (Å²) < 4.78 is 0. The SMILES string of the molecule is CCC1CCCCC1([O])CC. The summed E-state index contributed by atoms with van der Waals surface area (Å²) in [6, 6.07) is 0. The van der Waals surface area contributed by atoms with Crippen LogP contribution < -0.4 is 0 Å². The molecule has 0 spiro atoms. The minimum Gasteiger partial charge on any atom is -0.229 e. The maximum absolute atomic E-state index is 12.1. The minimum atomic E-state index is -0.562. The first-order valence-corrected chi connectivity index (χ1v) is 4.93. The van der Waals surface area contributed by atoms with Crippen LogP contribution in [-0.2, 0) is 5.11 Å². The lowest BCUT2D eigenvalue weighted by Crippen LogP contribution is -2.38. The van der Waals surface area contributed by atoms with E-state index in [1.165, 1.54) is 12.8 Å². The Morgan fingerprint density at radius 2 is 2.09 bits per heavy atom. The van der Waals surface area contributed by atoms with Crippen LogP contribution in [0.3, 0.4) is 0 Å². The van der Waals surface area contributed by atoms with Gasteiger partial charge < -0.3 is 0 Å². The maximum atomic E-state index is 12.1. The number of hydrogen-bond donors (Lipinski definition) is 0. The van der Waals surface area contributed by atoms with Crippen LogP contribution in [0.1, 0.15) is 52.4 Å². The molecular weight excluding hydrogens is 136 g/mol. The predicted molar refractivity (Wildman–Crippen MR) is 46.0 cm³/mol. The van der Waals surface area contributed by atoms with Crippen LogP contribution in [0.15, 0.2) is 0 Å². The van der Waals surface area contributed by atoms with Crippen molar-refractivity contribution in [2.75, 3.05) is 0 Å². The Labute approximate surface area is 69.8 Å². The Morgan fingerprint density at radius 1 is 1.36 bits per heavy atom. The molecule has 1 aliphatic rings. The molecular formula is C10H19O. The second-order valence-electron chi connectivity index (χ2n) is 3.77. The van der Waals surface area contributed by atoms with Crippen LogP contribution in [0.4, 0.5) is 0 Å². The second-order valence-corrected chi connectivity index (χ2v) is 3.77. The lowest BCUT2D eigenvalue weighted by atomic mass is 9.73. The summed E-state index contributed by atoms with van der Waals surface area (Å²) in [5.74, 6) is 0.459. The van der Waals surface area contributed by atoms with Crippen molar-refractivity contribution in [3.63, 3.8) is 0 Å². The quantitative estimate of drug-likeness (QED) is 0.583. The van der Waals surface area contributed by atoms with Gasteiger partial charge in [-0.25, -0.2) is 5.11 Å². The van der Waals surface area contributed by atoms with E-state index in [2.05, 4.69) is 6.92 Å². The van der Waals surface area contributed by atoms with E-state index in [0.29, 0.717) is 5.92 Å². The fourth-order valence-corrected chi connectivity index (χ4v) is 2.32. The third-order valence-corrected chi connectivity index (χ3v) is 3.24. The summed E-state index contributed by atoms with van der Waals surface area (Å²) in [6.45, 7) is 4.19. The van der Waals surface area contributed by atoms with Crippen LogP contribution in [0, 0.1) is 5.92 Å². The lowest BCUT2D eigenvalue weighted by molar-refractivity contribution is -0.105. The molecule has 0 aliphatic heterocycles. The molecule has 1 nitrogen and oxygen atoms in total. The van der Waals surface area contributed by atoms with Gasteiger partial charge in [0, 0.05) is 0 Å². The molecule has 2 atom stereocenters. The number of rotatable bonds is 2. The zero-order valence-corrected chi connectivity index (χ0v) is 7.73. The van der Waals surface area contributed by atoms with Crippen molar-refractivity contribution in [3.8, 4) is 0 Å². The molecule has 65 valence electrons. The molecule has 2 unspecified atom stereocenters. The van der Waals surface area contributed by atoms with Crippen LogP contribution >= 0.6 is 0 Å². The van der Waals surface area contributed by atoms with Gasteiger partial charge in [-0.1, -0.05) is 33.1 Å². The van der Waals surface area contributed by atoms with E-state index >= 15 is 0 Å². The highest BCUT2D eigenvalue weighted by molar-refractivity contribution is 4.87. The van der Waals surface area contributed by atoms with Gasteiger partial charge in [-0.3, -0.25) is 0 Å². The van der Waals surface area contributed by atoms with Crippen molar-refractivity contribution in [2.24, 2.45) is 5.92 Å². The van der Waals surface area contributed by atoms with Crippen LogP contribution in [0.2, 0.25) is 0 Å². The van der Waals surface area contributed by atoms with Crippen LogP contribution in [-0.4, -0.2) is 5.60 Å². The van der Waals surface area contributed by atoms with E-state index in [9.17, 15) is 5.11 Å². The lowest BCUT2D eigenvalue weighted by Gasteiger charge is -2.36. The Balaban J connectivity index is 2.57. The van der Waals surface area contributed by atoms with Crippen molar-refractivity contribution in [2.45, 2.75) is 58.0 Å². The molecule has 0 bridgehead atoms. The molecule has 1 fully saturated rings. The summed E-state index contributed by atoms with van der Waals surface area (Å²) in [5, 5.41) is 12.1. The van der Waals surface area contributed by atoms with Gasteiger partial charge in [0.1, 0.15) is 5.60 Å². The first-order valence-electron chi connectivity index (χ1n) is 4.93. The highest BCUT2D eigenvalue weighted by Gasteiger charge is 2.37. The van der Waals surface area contributed by atoms with Crippen molar-refractivity contribution >= 4 is 0 Å². The van der Waals surface area contributed by atoms with E-state index in [1.807, 2.05) is 6.92 Å². The number of hydrogen-bond acceptors (Lipinski definition) is 0. The van der Waals surface area contributed by atoms with Gasteiger partial charge in [0.2, 0.25) is 0 Å². The highest BCUT2D eigenvalue weighted by Crippen LogP contribution is 2.38. The molecule has 0 saturated heterocycles. The summed E-state index contributed by atoms with van der Waals surface area (Å²) in [5.41, 5.74) is -0.562. The smallest absolute Gasteiger partial charge is 0.106 e. The molecule has 1 rings (SSSR count). The van der Waals surface area contributed by atoms with Crippen molar-refractivity contribution < 1.29 is 5.11 Å². The Kier molecular flexibility index (Phi) is 2.94. The molecule has 0 heterocycles. The van der Waals surface area contributed by atoms with Crippen molar-refractivity contribution in [3.05, 3.63) is 0 Å². The van der Waals surface area contributed by atoms with E-state index in [4.69, 9.17) is 0 Å². The molecule has 11 heavy (non-hydrogen) atoms. The summed E-state index contributed by atoms with van der Waals surface area (Å²) in [6.07, 6.45) is 6.44. The Hall–Kier alpha value is -0.0400. The minimum absolute atomic E-state index is 0.459. The molecule has 1 heteroatoms. The zero-order chi connectivity index (χ0) is 8.32. The Morgan fingerprint density at radius 3 is 2.55 bits per heavy atom. The summed E-state index contributed by atoms with van der Waals surface area (Å²) >= 11 is 0. The molecule has 1 aliphatic carbocycles. The molecule has 1 radical (unpaired) electrons. The molecule has 0 aromatic rings. The van der Waals surface area contributed by atoms with Crippen molar-refractivity contribution in [1.29, 1.82) is 0 Å². The van der Waals surface area contributed by atoms with Gasteiger partial charge in [0.05, 0.1) is 0 Å². The summed E-state index contributed by atoms with van der Waals surface area (Å²) in [7, 11) is 0. The van der Waals surface area contributed by atoms with Crippen molar-refractivity contribution in [1.82, 2.24) is 0 Å². The third kappa shape index (κ3) is 1.76. The fourth-order valence-electron chi connectivity index (χ4n) is 2.32. The van der Waals surface area contributed by atoms with E-state index < -0.39 is 5.60 Å². The summed E-state index contributed by atoms with van der Waals surface area (Å²) in [4.78, 5) is 0. The first-order chi connectivity index (χ1) is 5.23. The van der Waals surface area contributed by atoms with Crippen LogP contribution in [0.25, 0.3) is 0 Å². The fraction of sp³-hybridized carbons (Fsp3) is 1.00. The molecule has 0 amide bonds. The third-order valence-electron chi connectivity index (χ3n) is 3.24. The highest BCUT2D eigenvalue weighted by atomic mass is 16.3. The van der Waals surface area contributed by atoms with Gasteiger partial charge in [0.25, 0.3) is 0 Å². The second kappa shape index (κ2) is 3.57. The van der Waals surface area contributed by atoms with Gasteiger partial charge in [-0.05, 0) is 25.2 Å².